The lowest BCUT2D eigenvalue weighted by molar-refractivity contribution is -0.153. The molecule has 0 radical (unpaired) electrons. The molecule has 2 bridgehead atoms. The SMILES string of the molecule is COC(=O)C1C2CC(O2)C1C(=O)O. The molecule has 4 atom stereocenters. The third-order valence-corrected chi connectivity index (χ3v) is 2.76. The molecule has 5 heteroatoms. The minimum absolute atomic E-state index is 0.237. The van der Waals surface area contributed by atoms with Gasteiger partial charge in [0.25, 0.3) is 0 Å². The van der Waals surface area contributed by atoms with Gasteiger partial charge >= 0.3 is 11.9 Å². The molecule has 5 nitrogen and oxygen atoms in total. The van der Waals surface area contributed by atoms with Crippen molar-refractivity contribution in [2.75, 3.05) is 7.11 Å². The Labute approximate surface area is 74.6 Å². The highest BCUT2D eigenvalue weighted by Gasteiger charge is 2.60. The second-order valence-corrected chi connectivity index (χ2v) is 3.36. The van der Waals surface area contributed by atoms with Crippen LogP contribution in [0.1, 0.15) is 6.42 Å². The van der Waals surface area contributed by atoms with Crippen LogP contribution < -0.4 is 0 Å². The fraction of sp³-hybridized carbons (Fsp3) is 0.750. The fourth-order valence-corrected chi connectivity index (χ4v) is 2.11. The molecule has 3 aliphatic rings. The summed E-state index contributed by atoms with van der Waals surface area (Å²) in [6.45, 7) is 0. The standard InChI is InChI=1S/C8H10O5/c1-12-8(11)6-4-2-3(13-4)5(6)7(9)10/h3-6H,2H2,1H3,(H,9,10). The van der Waals surface area contributed by atoms with E-state index < -0.39 is 23.8 Å². The van der Waals surface area contributed by atoms with Crippen LogP contribution in [0.15, 0.2) is 0 Å². The van der Waals surface area contributed by atoms with E-state index in [2.05, 4.69) is 4.74 Å². The van der Waals surface area contributed by atoms with Crippen molar-refractivity contribution in [3.63, 3.8) is 0 Å². The Morgan fingerprint density at radius 3 is 2.38 bits per heavy atom. The van der Waals surface area contributed by atoms with Crippen molar-refractivity contribution in [1.29, 1.82) is 0 Å². The van der Waals surface area contributed by atoms with Crippen molar-refractivity contribution < 1.29 is 24.2 Å². The van der Waals surface area contributed by atoms with Crippen LogP contribution in [0.3, 0.4) is 0 Å². The first-order chi connectivity index (χ1) is 6.15. The average molecular weight is 186 g/mol. The van der Waals surface area contributed by atoms with Crippen LogP contribution in [0.4, 0.5) is 0 Å². The maximum atomic E-state index is 11.2. The number of ether oxygens (including phenoxy) is 2. The maximum absolute atomic E-state index is 11.2. The zero-order chi connectivity index (χ0) is 9.59. The Morgan fingerprint density at radius 2 is 1.92 bits per heavy atom. The summed E-state index contributed by atoms with van der Waals surface area (Å²) in [7, 11) is 1.26. The predicted molar refractivity (Wildman–Crippen MR) is 39.9 cm³/mol. The number of carbonyl (C=O) groups is 2. The number of rotatable bonds is 2. The van der Waals surface area contributed by atoms with Gasteiger partial charge in [-0.3, -0.25) is 9.59 Å². The van der Waals surface area contributed by atoms with Crippen molar-refractivity contribution in [2.45, 2.75) is 18.6 Å². The monoisotopic (exact) mass is 186 g/mol. The molecular formula is C8H10O5. The summed E-state index contributed by atoms with van der Waals surface area (Å²) in [6, 6.07) is 0. The van der Waals surface area contributed by atoms with Crippen molar-refractivity contribution in [1.82, 2.24) is 0 Å². The zero-order valence-electron chi connectivity index (χ0n) is 7.10. The first kappa shape index (κ1) is 8.50. The van der Waals surface area contributed by atoms with E-state index in [1.807, 2.05) is 0 Å². The van der Waals surface area contributed by atoms with Gasteiger partial charge in [-0.15, -0.1) is 0 Å². The van der Waals surface area contributed by atoms with Crippen LogP contribution in [0.2, 0.25) is 0 Å². The van der Waals surface area contributed by atoms with Gasteiger partial charge in [0.1, 0.15) is 0 Å². The third kappa shape index (κ3) is 1.03. The van der Waals surface area contributed by atoms with E-state index >= 15 is 0 Å². The largest absolute Gasteiger partial charge is 0.481 e. The zero-order valence-corrected chi connectivity index (χ0v) is 7.10. The number of carboxylic acid groups (broad SMARTS) is 1. The summed E-state index contributed by atoms with van der Waals surface area (Å²) >= 11 is 0. The van der Waals surface area contributed by atoms with E-state index in [9.17, 15) is 9.59 Å². The van der Waals surface area contributed by atoms with Gasteiger partial charge in [-0.05, 0) is 0 Å². The highest BCUT2D eigenvalue weighted by Crippen LogP contribution is 2.47. The summed E-state index contributed by atoms with van der Waals surface area (Å²) in [4.78, 5) is 22.0. The Balaban J connectivity index is 2.17. The predicted octanol–water partition coefficient (Wildman–Crippen LogP) is -0.353. The van der Waals surface area contributed by atoms with Crippen molar-refractivity contribution in [3.05, 3.63) is 0 Å². The number of hydrogen-bond donors (Lipinski definition) is 1. The van der Waals surface area contributed by atoms with Crippen molar-refractivity contribution in [2.24, 2.45) is 11.8 Å². The Hall–Kier alpha value is -1.10. The highest BCUT2D eigenvalue weighted by atomic mass is 16.6. The van der Waals surface area contributed by atoms with Crippen LogP contribution in [0.25, 0.3) is 0 Å². The summed E-state index contributed by atoms with van der Waals surface area (Å²) < 4.78 is 9.71. The molecule has 1 saturated carbocycles. The molecule has 4 unspecified atom stereocenters. The molecule has 0 amide bonds. The minimum atomic E-state index is -0.972. The van der Waals surface area contributed by atoms with E-state index in [0.717, 1.165) is 0 Å². The molecule has 72 valence electrons. The smallest absolute Gasteiger partial charge is 0.312 e. The summed E-state index contributed by atoms with van der Waals surface area (Å²) in [6.07, 6.45) is 0.140. The summed E-state index contributed by atoms with van der Waals surface area (Å²) in [5, 5.41) is 8.84. The topological polar surface area (TPSA) is 72.8 Å². The Morgan fingerprint density at radius 1 is 1.38 bits per heavy atom. The van der Waals surface area contributed by atoms with E-state index in [-0.39, 0.29) is 12.2 Å². The molecule has 0 aromatic carbocycles. The second-order valence-electron chi connectivity index (χ2n) is 3.36. The van der Waals surface area contributed by atoms with Crippen molar-refractivity contribution in [3.8, 4) is 0 Å². The van der Waals surface area contributed by atoms with E-state index in [1.54, 1.807) is 0 Å². The lowest BCUT2D eigenvalue weighted by Gasteiger charge is -2.25. The maximum Gasteiger partial charge on any atom is 0.312 e. The van der Waals surface area contributed by atoms with Gasteiger partial charge in [0.2, 0.25) is 0 Å². The van der Waals surface area contributed by atoms with E-state index in [1.165, 1.54) is 7.11 Å². The minimum Gasteiger partial charge on any atom is -0.481 e. The van der Waals surface area contributed by atoms with Crippen LogP contribution in [0, 0.1) is 11.8 Å². The van der Waals surface area contributed by atoms with Crippen LogP contribution in [0.5, 0.6) is 0 Å². The third-order valence-electron chi connectivity index (χ3n) is 2.76. The van der Waals surface area contributed by atoms with Crippen LogP contribution in [-0.2, 0) is 19.1 Å². The van der Waals surface area contributed by atoms with Crippen LogP contribution >= 0.6 is 0 Å². The molecule has 1 aliphatic carbocycles. The number of fused-ring (bicyclic) bond motifs is 1. The first-order valence-electron chi connectivity index (χ1n) is 4.11. The number of carbonyl (C=O) groups excluding carboxylic acids is 1. The molecular weight excluding hydrogens is 176 g/mol. The molecule has 2 heterocycles. The molecule has 2 aliphatic heterocycles. The number of hydrogen-bond acceptors (Lipinski definition) is 4. The van der Waals surface area contributed by atoms with Gasteiger partial charge in [-0.25, -0.2) is 0 Å². The number of carboxylic acids is 1. The number of esters is 1. The van der Waals surface area contributed by atoms with Gasteiger partial charge in [-0.2, -0.15) is 0 Å². The molecule has 0 aromatic rings. The molecule has 2 saturated heterocycles. The summed E-state index contributed by atoms with van der Waals surface area (Å²) in [5.74, 6) is -2.76. The lowest BCUT2D eigenvalue weighted by atomic mass is 9.97. The van der Waals surface area contributed by atoms with Gasteiger partial charge in [0, 0.05) is 6.42 Å². The van der Waals surface area contributed by atoms with Gasteiger partial charge in [0.15, 0.2) is 0 Å². The number of aliphatic carboxylic acids is 1. The molecule has 0 spiro atoms. The van der Waals surface area contributed by atoms with Crippen molar-refractivity contribution >= 4 is 11.9 Å². The number of methoxy groups -OCH3 is 1. The van der Waals surface area contributed by atoms with Gasteiger partial charge < -0.3 is 14.6 Å². The highest BCUT2D eigenvalue weighted by molar-refractivity contribution is 5.83. The lowest BCUT2D eigenvalue weighted by Crippen LogP contribution is -2.31. The first-order valence-corrected chi connectivity index (χ1v) is 4.11. The van der Waals surface area contributed by atoms with Gasteiger partial charge in [-0.1, -0.05) is 0 Å². The molecule has 3 fully saturated rings. The quantitative estimate of drug-likeness (QED) is 0.596. The van der Waals surface area contributed by atoms with E-state index in [0.29, 0.717) is 6.42 Å². The molecule has 0 aromatic heterocycles. The second kappa shape index (κ2) is 2.70. The normalized spacial score (nSPS) is 41.0. The van der Waals surface area contributed by atoms with Gasteiger partial charge in [0.05, 0.1) is 31.2 Å². The average Bonchev–Trinajstić information content (AvgIpc) is 2.54. The summed E-state index contributed by atoms with van der Waals surface area (Å²) in [5.41, 5.74) is 0. The Bertz CT molecular complexity index is 255. The molecule has 13 heavy (non-hydrogen) atoms. The fourth-order valence-electron chi connectivity index (χ4n) is 2.11. The molecule has 1 N–H and O–H groups in total. The Kier molecular flexibility index (Phi) is 1.76. The van der Waals surface area contributed by atoms with Crippen LogP contribution in [-0.4, -0.2) is 36.4 Å². The molecule has 3 rings (SSSR count). The van der Waals surface area contributed by atoms with E-state index in [4.69, 9.17) is 9.84 Å².